The van der Waals surface area contributed by atoms with Crippen LogP contribution in [0.2, 0.25) is 0 Å². The Morgan fingerprint density at radius 1 is 0.913 bits per heavy atom. The predicted octanol–water partition coefficient (Wildman–Crippen LogP) is 6.70. The zero-order valence-electron chi connectivity index (χ0n) is 14.7. The molecule has 1 nitrogen and oxygen atoms in total. The highest BCUT2D eigenvalue weighted by Gasteiger charge is 2.22. The van der Waals surface area contributed by atoms with Crippen LogP contribution in [0, 0.1) is 5.92 Å². The van der Waals surface area contributed by atoms with Gasteiger partial charge in [0.05, 0.1) is 6.61 Å². The van der Waals surface area contributed by atoms with Crippen LogP contribution in [0.5, 0.6) is 5.75 Å². The van der Waals surface area contributed by atoms with Crippen molar-refractivity contribution >= 4 is 10.8 Å². The number of hydrogen-bond donors (Lipinski definition) is 0. The number of hydrogen-bond acceptors (Lipinski definition) is 1. The first-order valence-corrected chi connectivity index (χ1v) is 9.46. The first-order chi connectivity index (χ1) is 11.3. The number of unbranched alkanes of at least 4 members (excludes halogenated alkanes) is 1. The van der Waals surface area contributed by atoms with Gasteiger partial charge in [-0.1, -0.05) is 50.5 Å². The predicted molar refractivity (Wildman–Crippen MR) is 99.3 cm³/mol. The Bertz CT molecular complexity index is 623. The summed E-state index contributed by atoms with van der Waals surface area (Å²) in [7, 11) is 0. The van der Waals surface area contributed by atoms with Gasteiger partial charge in [-0.3, -0.25) is 0 Å². The molecule has 0 N–H and O–H groups in total. The van der Waals surface area contributed by atoms with E-state index in [9.17, 15) is 0 Å². The van der Waals surface area contributed by atoms with Crippen molar-refractivity contribution in [3.63, 3.8) is 0 Å². The fourth-order valence-corrected chi connectivity index (χ4v) is 4.03. The molecule has 0 aliphatic heterocycles. The van der Waals surface area contributed by atoms with Crippen LogP contribution in [-0.2, 0) is 0 Å². The van der Waals surface area contributed by atoms with Crippen molar-refractivity contribution in [1.29, 1.82) is 0 Å². The van der Waals surface area contributed by atoms with E-state index in [1.165, 1.54) is 61.3 Å². The van der Waals surface area contributed by atoms with Crippen LogP contribution in [0.15, 0.2) is 36.4 Å². The summed E-state index contributed by atoms with van der Waals surface area (Å²) < 4.78 is 5.60. The third-order valence-electron chi connectivity index (χ3n) is 5.43. The molecule has 1 aliphatic carbocycles. The quantitative estimate of drug-likeness (QED) is 0.576. The largest absolute Gasteiger partial charge is 0.494 e. The molecule has 0 spiro atoms. The zero-order chi connectivity index (χ0) is 16.1. The highest BCUT2D eigenvalue weighted by Crippen LogP contribution is 2.38. The summed E-state index contributed by atoms with van der Waals surface area (Å²) in [5.74, 6) is 2.73. The Labute approximate surface area is 141 Å². The lowest BCUT2D eigenvalue weighted by Crippen LogP contribution is -2.13. The van der Waals surface area contributed by atoms with Gasteiger partial charge in [-0.05, 0) is 72.9 Å². The van der Waals surface area contributed by atoms with Gasteiger partial charge in [-0.15, -0.1) is 0 Å². The molecular formula is C22H30O. The van der Waals surface area contributed by atoms with Gasteiger partial charge in [0.15, 0.2) is 0 Å². The molecule has 0 saturated heterocycles. The van der Waals surface area contributed by atoms with E-state index in [1.807, 2.05) is 6.92 Å². The topological polar surface area (TPSA) is 9.23 Å². The summed E-state index contributed by atoms with van der Waals surface area (Å²) in [5.41, 5.74) is 1.54. The van der Waals surface area contributed by atoms with Crippen molar-refractivity contribution in [2.45, 2.75) is 64.7 Å². The van der Waals surface area contributed by atoms with Crippen LogP contribution in [0.4, 0.5) is 0 Å². The Morgan fingerprint density at radius 3 is 2.39 bits per heavy atom. The lowest BCUT2D eigenvalue weighted by molar-refractivity contribution is 0.304. The monoisotopic (exact) mass is 310 g/mol. The second-order valence-corrected chi connectivity index (χ2v) is 7.06. The van der Waals surface area contributed by atoms with Crippen LogP contribution >= 0.6 is 0 Å². The van der Waals surface area contributed by atoms with Crippen molar-refractivity contribution in [2.24, 2.45) is 5.92 Å². The molecule has 0 unspecified atom stereocenters. The van der Waals surface area contributed by atoms with E-state index >= 15 is 0 Å². The maximum Gasteiger partial charge on any atom is 0.119 e. The van der Waals surface area contributed by atoms with Crippen molar-refractivity contribution in [3.8, 4) is 5.75 Å². The lowest BCUT2D eigenvalue weighted by Gasteiger charge is -2.29. The highest BCUT2D eigenvalue weighted by atomic mass is 16.5. The molecule has 2 aromatic carbocycles. The Balaban J connectivity index is 1.68. The summed E-state index contributed by atoms with van der Waals surface area (Å²) in [6, 6.07) is 13.5. The Hall–Kier alpha value is -1.50. The van der Waals surface area contributed by atoms with Gasteiger partial charge < -0.3 is 4.74 Å². The number of rotatable bonds is 6. The Kier molecular flexibility index (Phi) is 5.59. The SMILES string of the molecule is CCCCC1CCC(c2ccc3cc(OCC)ccc3c2)CC1. The fraction of sp³-hybridized carbons (Fsp3) is 0.545. The van der Waals surface area contributed by atoms with Crippen molar-refractivity contribution < 1.29 is 4.74 Å². The van der Waals surface area contributed by atoms with Crippen LogP contribution in [0.25, 0.3) is 10.8 Å². The summed E-state index contributed by atoms with van der Waals surface area (Å²) in [5, 5.41) is 2.63. The molecule has 0 bridgehead atoms. The third kappa shape index (κ3) is 4.07. The molecule has 1 saturated carbocycles. The van der Waals surface area contributed by atoms with Gasteiger partial charge in [0.1, 0.15) is 5.75 Å². The minimum atomic E-state index is 0.727. The molecule has 1 fully saturated rings. The molecule has 3 rings (SSSR count). The van der Waals surface area contributed by atoms with Gasteiger partial charge in [0, 0.05) is 0 Å². The first-order valence-electron chi connectivity index (χ1n) is 9.46. The summed E-state index contributed by atoms with van der Waals surface area (Å²) >= 11 is 0. The van der Waals surface area contributed by atoms with E-state index in [4.69, 9.17) is 4.74 Å². The molecule has 1 aliphatic rings. The van der Waals surface area contributed by atoms with Gasteiger partial charge >= 0.3 is 0 Å². The average Bonchev–Trinajstić information content (AvgIpc) is 2.60. The maximum atomic E-state index is 5.60. The molecule has 23 heavy (non-hydrogen) atoms. The van der Waals surface area contributed by atoms with Crippen LogP contribution in [0.3, 0.4) is 0 Å². The number of benzene rings is 2. The molecule has 0 atom stereocenters. The average molecular weight is 310 g/mol. The van der Waals surface area contributed by atoms with Crippen molar-refractivity contribution in [3.05, 3.63) is 42.0 Å². The highest BCUT2D eigenvalue weighted by molar-refractivity contribution is 5.84. The lowest BCUT2D eigenvalue weighted by atomic mass is 9.77. The maximum absolute atomic E-state index is 5.60. The van der Waals surface area contributed by atoms with Gasteiger partial charge in [0.2, 0.25) is 0 Å². The van der Waals surface area contributed by atoms with E-state index in [2.05, 4.69) is 43.3 Å². The van der Waals surface area contributed by atoms with E-state index in [-0.39, 0.29) is 0 Å². The van der Waals surface area contributed by atoms with E-state index in [1.54, 1.807) is 0 Å². The molecule has 0 heterocycles. The third-order valence-corrected chi connectivity index (χ3v) is 5.43. The van der Waals surface area contributed by atoms with Gasteiger partial charge in [0.25, 0.3) is 0 Å². The molecular weight excluding hydrogens is 280 g/mol. The second-order valence-electron chi connectivity index (χ2n) is 7.06. The minimum Gasteiger partial charge on any atom is -0.494 e. The van der Waals surface area contributed by atoms with Crippen LogP contribution in [0.1, 0.15) is 70.3 Å². The molecule has 0 amide bonds. The van der Waals surface area contributed by atoms with Gasteiger partial charge in [-0.2, -0.15) is 0 Å². The molecule has 0 aromatic heterocycles. The summed E-state index contributed by atoms with van der Waals surface area (Å²) in [6.45, 7) is 5.06. The number of fused-ring (bicyclic) bond motifs is 1. The summed E-state index contributed by atoms with van der Waals surface area (Å²) in [4.78, 5) is 0. The van der Waals surface area contributed by atoms with E-state index in [0.717, 1.165) is 24.2 Å². The molecule has 0 radical (unpaired) electrons. The van der Waals surface area contributed by atoms with E-state index in [0.29, 0.717) is 0 Å². The standard InChI is InChI=1S/C22H30O/c1-3-5-6-17-7-9-18(10-8-17)19-11-12-21-16-22(23-4-2)14-13-20(21)15-19/h11-18H,3-10H2,1-2H3. The molecule has 1 heteroatoms. The summed E-state index contributed by atoms with van der Waals surface area (Å²) in [6.07, 6.45) is 9.79. The molecule has 2 aromatic rings. The van der Waals surface area contributed by atoms with Crippen molar-refractivity contribution in [1.82, 2.24) is 0 Å². The van der Waals surface area contributed by atoms with Crippen LogP contribution < -0.4 is 4.74 Å². The first kappa shape index (κ1) is 16.4. The van der Waals surface area contributed by atoms with Gasteiger partial charge in [-0.25, -0.2) is 0 Å². The van der Waals surface area contributed by atoms with Crippen LogP contribution in [-0.4, -0.2) is 6.61 Å². The van der Waals surface area contributed by atoms with Crippen molar-refractivity contribution in [2.75, 3.05) is 6.61 Å². The van der Waals surface area contributed by atoms with E-state index < -0.39 is 0 Å². The normalized spacial score (nSPS) is 21.5. The minimum absolute atomic E-state index is 0.727. The smallest absolute Gasteiger partial charge is 0.119 e. The second kappa shape index (κ2) is 7.86. The number of ether oxygens (including phenoxy) is 1. The fourth-order valence-electron chi connectivity index (χ4n) is 4.03. The molecule has 124 valence electrons. The Morgan fingerprint density at radius 2 is 1.65 bits per heavy atom. The zero-order valence-corrected chi connectivity index (χ0v) is 14.7.